The summed E-state index contributed by atoms with van der Waals surface area (Å²) < 4.78 is 2.18. The first-order valence-corrected chi connectivity index (χ1v) is 10.1. The fourth-order valence-corrected chi connectivity index (χ4v) is 4.10. The molecule has 4 rings (SSSR count). The number of aryl methyl sites for hydroxylation is 1. The number of aliphatic hydroxyl groups excluding tert-OH is 1. The van der Waals surface area contributed by atoms with Gasteiger partial charge in [-0.15, -0.1) is 0 Å². The second-order valence-electron chi connectivity index (χ2n) is 7.37. The second kappa shape index (κ2) is 8.89. The van der Waals surface area contributed by atoms with Crippen molar-refractivity contribution in [1.82, 2.24) is 9.55 Å². The van der Waals surface area contributed by atoms with Crippen LogP contribution in [-0.4, -0.2) is 21.3 Å². The molecule has 3 aromatic carbocycles. The Bertz CT molecular complexity index is 914. The van der Waals surface area contributed by atoms with Crippen LogP contribution in [0.3, 0.4) is 0 Å². The molecule has 4 aromatic rings. The van der Waals surface area contributed by atoms with Crippen molar-refractivity contribution in [2.75, 3.05) is 6.61 Å². The van der Waals surface area contributed by atoms with Crippen molar-refractivity contribution in [2.24, 2.45) is 0 Å². The molecule has 1 heterocycles. The monoisotopic (exact) mass is 382 g/mol. The maximum atomic E-state index is 9.13. The summed E-state index contributed by atoms with van der Waals surface area (Å²) in [6.45, 7) is 0.937. The molecule has 0 aliphatic carbocycles. The van der Waals surface area contributed by atoms with Crippen LogP contribution in [0.15, 0.2) is 104 Å². The van der Waals surface area contributed by atoms with Crippen LogP contribution in [0, 0.1) is 0 Å². The molecule has 0 fully saturated rings. The summed E-state index contributed by atoms with van der Waals surface area (Å²) in [4.78, 5) is 4.57. The Balaban J connectivity index is 1.87. The van der Waals surface area contributed by atoms with E-state index in [-0.39, 0.29) is 12.0 Å². The standard InChI is InChI=1S/C26H26N2O/c29-18-10-17-25-19-28(21-27-25)20-26(22-11-4-1-5-12-22,23-13-6-2-7-14-23)24-15-8-3-9-16-24/h1-9,11-16,19,21,29H,10,17-18,20H2. The Hall–Kier alpha value is -3.17. The number of nitrogens with zero attached hydrogens (tertiary/aromatic N) is 2. The molecule has 0 unspecified atom stereocenters. The van der Waals surface area contributed by atoms with Crippen molar-refractivity contribution in [2.45, 2.75) is 24.8 Å². The van der Waals surface area contributed by atoms with Gasteiger partial charge in [-0.25, -0.2) is 4.98 Å². The van der Waals surface area contributed by atoms with Crippen LogP contribution in [0.2, 0.25) is 0 Å². The lowest BCUT2D eigenvalue weighted by Gasteiger charge is -2.36. The third-order valence-corrected chi connectivity index (χ3v) is 5.50. The molecule has 3 nitrogen and oxygen atoms in total. The van der Waals surface area contributed by atoms with Crippen LogP contribution >= 0.6 is 0 Å². The van der Waals surface area contributed by atoms with E-state index in [9.17, 15) is 0 Å². The quantitative estimate of drug-likeness (QED) is 0.443. The average molecular weight is 383 g/mol. The van der Waals surface area contributed by atoms with Crippen LogP contribution < -0.4 is 0 Å². The first-order chi connectivity index (χ1) is 14.3. The topological polar surface area (TPSA) is 38.0 Å². The number of aromatic nitrogens is 2. The summed E-state index contributed by atoms with van der Waals surface area (Å²) in [6, 6.07) is 32.1. The van der Waals surface area contributed by atoms with Gasteiger partial charge in [-0.1, -0.05) is 91.0 Å². The molecule has 0 atom stereocenters. The average Bonchev–Trinajstić information content (AvgIpc) is 3.25. The van der Waals surface area contributed by atoms with Gasteiger partial charge in [0.2, 0.25) is 0 Å². The lowest BCUT2D eigenvalue weighted by atomic mass is 9.69. The van der Waals surface area contributed by atoms with Crippen molar-refractivity contribution in [1.29, 1.82) is 0 Å². The first kappa shape index (κ1) is 19.2. The highest BCUT2D eigenvalue weighted by molar-refractivity contribution is 5.50. The van der Waals surface area contributed by atoms with E-state index >= 15 is 0 Å². The Kier molecular flexibility index (Phi) is 5.87. The molecule has 0 spiro atoms. The molecule has 0 amide bonds. The molecule has 0 saturated heterocycles. The molecule has 0 aliphatic rings. The maximum Gasteiger partial charge on any atom is 0.0949 e. The van der Waals surface area contributed by atoms with E-state index in [0.717, 1.165) is 25.1 Å². The van der Waals surface area contributed by atoms with Gasteiger partial charge in [-0.3, -0.25) is 0 Å². The summed E-state index contributed by atoms with van der Waals surface area (Å²) in [5.74, 6) is 0. The third kappa shape index (κ3) is 4.01. The van der Waals surface area contributed by atoms with Crippen LogP contribution in [0.1, 0.15) is 28.8 Å². The maximum absolute atomic E-state index is 9.13. The molecule has 3 heteroatoms. The van der Waals surface area contributed by atoms with Crippen LogP contribution in [-0.2, 0) is 18.4 Å². The number of aliphatic hydroxyl groups is 1. The fraction of sp³-hybridized carbons (Fsp3) is 0.192. The van der Waals surface area contributed by atoms with E-state index in [4.69, 9.17) is 5.11 Å². The van der Waals surface area contributed by atoms with E-state index in [1.165, 1.54) is 16.7 Å². The van der Waals surface area contributed by atoms with Gasteiger partial charge in [0.05, 0.1) is 17.4 Å². The zero-order valence-electron chi connectivity index (χ0n) is 16.5. The zero-order valence-corrected chi connectivity index (χ0v) is 16.5. The van der Waals surface area contributed by atoms with E-state index in [1.54, 1.807) is 0 Å². The molecule has 0 saturated carbocycles. The Morgan fingerprint density at radius 2 is 1.21 bits per heavy atom. The highest BCUT2D eigenvalue weighted by atomic mass is 16.2. The smallest absolute Gasteiger partial charge is 0.0949 e. The van der Waals surface area contributed by atoms with Crippen LogP contribution in [0.4, 0.5) is 0 Å². The third-order valence-electron chi connectivity index (χ3n) is 5.50. The van der Waals surface area contributed by atoms with Crippen molar-refractivity contribution < 1.29 is 5.11 Å². The minimum Gasteiger partial charge on any atom is -0.396 e. The van der Waals surface area contributed by atoms with Gasteiger partial charge in [0.25, 0.3) is 0 Å². The summed E-state index contributed by atoms with van der Waals surface area (Å²) >= 11 is 0. The van der Waals surface area contributed by atoms with Gasteiger partial charge in [0.15, 0.2) is 0 Å². The minimum atomic E-state index is -0.335. The van der Waals surface area contributed by atoms with Gasteiger partial charge >= 0.3 is 0 Å². The van der Waals surface area contributed by atoms with Crippen molar-refractivity contribution >= 4 is 0 Å². The van der Waals surface area contributed by atoms with Gasteiger partial charge < -0.3 is 9.67 Å². The van der Waals surface area contributed by atoms with E-state index < -0.39 is 0 Å². The van der Waals surface area contributed by atoms with Crippen molar-refractivity contribution in [3.8, 4) is 0 Å². The Labute approximate surface area is 172 Å². The highest BCUT2D eigenvalue weighted by Crippen LogP contribution is 2.40. The molecular formula is C26H26N2O. The van der Waals surface area contributed by atoms with Crippen molar-refractivity contribution in [3.63, 3.8) is 0 Å². The van der Waals surface area contributed by atoms with E-state index in [0.29, 0.717) is 0 Å². The van der Waals surface area contributed by atoms with Crippen LogP contribution in [0.25, 0.3) is 0 Å². The molecule has 0 bridgehead atoms. The molecule has 0 radical (unpaired) electrons. The van der Waals surface area contributed by atoms with Crippen LogP contribution in [0.5, 0.6) is 0 Å². The lowest BCUT2D eigenvalue weighted by molar-refractivity contribution is 0.288. The van der Waals surface area contributed by atoms with Gasteiger partial charge in [-0.05, 0) is 29.5 Å². The number of hydrogen-bond donors (Lipinski definition) is 1. The summed E-state index contributed by atoms with van der Waals surface area (Å²) in [6.07, 6.45) is 5.55. The number of imidazole rings is 1. The molecular weight excluding hydrogens is 356 g/mol. The van der Waals surface area contributed by atoms with E-state index in [1.807, 2.05) is 6.33 Å². The SMILES string of the molecule is OCCCc1cn(CC(c2ccccc2)(c2ccccc2)c2ccccc2)cn1. The number of rotatable bonds is 8. The first-order valence-electron chi connectivity index (χ1n) is 10.1. The Morgan fingerprint density at radius 1 is 0.724 bits per heavy atom. The van der Waals surface area contributed by atoms with E-state index in [2.05, 4.69) is 107 Å². The Morgan fingerprint density at radius 3 is 1.66 bits per heavy atom. The van der Waals surface area contributed by atoms with Gasteiger partial charge in [0.1, 0.15) is 0 Å². The molecule has 146 valence electrons. The molecule has 29 heavy (non-hydrogen) atoms. The van der Waals surface area contributed by atoms with Crippen molar-refractivity contribution in [3.05, 3.63) is 126 Å². The summed E-state index contributed by atoms with van der Waals surface area (Å²) in [7, 11) is 0. The highest BCUT2D eigenvalue weighted by Gasteiger charge is 2.36. The number of hydrogen-bond acceptors (Lipinski definition) is 2. The minimum absolute atomic E-state index is 0.189. The predicted octanol–water partition coefficient (Wildman–Crippen LogP) is 4.84. The lowest BCUT2D eigenvalue weighted by Crippen LogP contribution is -2.34. The molecule has 1 N–H and O–H groups in total. The largest absolute Gasteiger partial charge is 0.396 e. The summed E-state index contributed by atoms with van der Waals surface area (Å²) in [5, 5.41) is 9.13. The normalized spacial score (nSPS) is 11.5. The number of benzene rings is 3. The second-order valence-corrected chi connectivity index (χ2v) is 7.37. The fourth-order valence-electron chi connectivity index (χ4n) is 4.10. The zero-order chi connectivity index (χ0) is 19.9. The molecule has 1 aromatic heterocycles. The molecule has 0 aliphatic heterocycles. The van der Waals surface area contributed by atoms with Gasteiger partial charge in [0, 0.05) is 19.3 Å². The van der Waals surface area contributed by atoms with Gasteiger partial charge in [-0.2, -0.15) is 0 Å². The summed E-state index contributed by atoms with van der Waals surface area (Å²) in [5.41, 5.74) is 4.44. The predicted molar refractivity (Wildman–Crippen MR) is 117 cm³/mol.